The highest BCUT2D eigenvalue weighted by Gasteiger charge is 2.11. The Morgan fingerprint density at radius 3 is 2.68 bits per heavy atom. The molecule has 0 radical (unpaired) electrons. The number of rotatable bonds is 6. The lowest BCUT2D eigenvalue weighted by Gasteiger charge is -2.17. The van der Waals surface area contributed by atoms with Crippen molar-refractivity contribution >= 4 is 34.8 Å². The Balaban J connectivity index is 1.87. The zero-order valence-electron chi connectivity index (χ0n) is 13.5. The molecule has 0 unspecified atom stereocenters. The molecule has 7 heteroatoms. The van der Waals surface area contributed by atoms with Crippen LogP contribution in [0, 0.1) is 17.1 Å². The molecular formula is C18H16Cl2FN3O. The number of hydrogen-bond acceptors (Lipinski definition) is 3. The van der Waals surface area contributed by atoms with E-state index < -0.39 is 0 Å². The molecule has 0 atom stereocenters. The summed E-state index contributed by atoms with van der Waals surface area (Å²) in [4.78, 5) is 13.8. The summed E-state index contributed by atoms with van der Waals surface area (Å²) in [6.07, 6.45) is 0.222. The van der Waals surface area contributed by atoms with Crippen LogP contribution < -0.4 is 5.32 Å². The number of carbonyl (C=O) groups excluding carboxylic acids is 1. The fraction of sp³-hybridized carbons (Fsp3) is 0.222. The molecule has 2 rings (SSSR count). The molecule has 0 aliphatic rings. The maximum Gasteiger partial charge on any atom is 0.225 e. The van der Waals surface area contributed by atoms with E-state index in [1.807, 2.05) is 11.0 Å². The van der Waals surface area contributed by atoms with Gasteiger partial charge in [0.15, 0.2) is 0 Å². The summed E-state index contributed by atoms with van der Waals surface area (Å²) < 4.78 is 13.8. The van der Waals surface area contributed by atoms with E-state index in [4.69, 9.17) is 28.5 Å². The number of benzene rings is 2. The molecule has 0 fully saturated rings. The summed E-state index contributed by atoms with van der Waals surface area (Å²) in [5, 5.41) is 12.2. The van der Waals surface area contributed by atoms with E-state index in [1.54, 1.807) is 31.3 Å². The van der Waals surface area contributed by atoms with Crippen molar-refractivity contribution in [3.05, 3.63) is 63.4 Å². The molecule has 0 saturated heterocycles. The Bertz CT molecular complexity index is 800. The normalized spacial score (nSPS) is 10.6. The zero-order chi connectivity index (χ0) is 18.4. The molecule has 0 aliphatic heterocycles. The molecular weight excluding hydrogens is 364 g/mol. The van der Waals surface area contributed by atoms with E-state index in [-0.39, 0.29) is 23.2 Å². The van der Waals surface area contributed by atoms with E-state index in [2.05, 4.69) is 5.32 Å². The molecule has 0 heterocycles. The predicted octanol–water partition coefficient (Wildman–Crippen LogP) is 4.46. The van der Waals surface area contributed by atoms with Crippen molar-refractivity contribution in [1.82, 2.24) is 4.90 Å². The van der Waals surface area contributed by atoms with Gasteiger partial charge in [0, 0.05) is 35.8 Å². The fourth-order valence-electron chi connectivity index (χ4n) is 2.23. The van der Waals surface area contributed by atoms with Gasteiger partial charge in [-0.15, -0.1) is 0 Å². The third-order valence-corrected chi connectivity index (χ3v) is 4.25. The quantitative estimate of drug-likeness (QED) is 0.805. The van der Waals surface area contributed by atoms with E-state index in [0.717, 1.165) is 0 Å². The first kappa shape index (κ1) is 19.2. The van der Waals surface area contributed by atoms with E-state index in [0.29, 0.717) is 34.9 Å². The molecule has 2 aromatic carbocycles. The molecule has 130 valence electrons. The number of anilines is 1. The maximum absolute atomic E-state index is 13.8. The lowest BCUT2D eigenvalue weighted by atomic mass is 10.2. The number of carbonyl (C=O) groups is 1. The van der Waals surface area contributed by atoms with Gasteiger partial charge in [-0.05, 0) is 37.4 Å². The van der Waals surface area contributed by atoms with Gasteiger partial charge in [-0.3, -0.25) is 4.79 Å². The molecule has 0 aromatic heterocycles. The van der Waals surface area contributed by atoms with Crippen molar-refractivity contribution < 1.29 is 9.18 Å². The minimum absolute atomic E-state index is 0.202. The highest BCUT2D eigenvalue weighted by Crippen LogP contribution is 2.21. The Morgan fingerprint density at radius 2 is 2.04 bits per heavy atom. The second-order valence-corrected chi connectivity index (χ2v) is 6.36. The molecule has 2 aromatic rings. The molecule has 1 amide bonds. The number of hydrogen-bond donors (Lipinski definition) is 1. The summed E-state index contributed by atoms with van der Waals surface area (Å²) in [6.45, 7) is 0.738. The van der Waals surface area contributed by atoms with Gasteiger partial charge in [0.1, 0.15) is 11.9 Å². The third-order valence-electron chi connectivity index (χ3n) is 3.58. The van der Waals surface area contributed by atoms with E-state index >= 15 is 0 Å². The molecule has 0 aliphatic carbocycles. The van der Waals surface area contributed by atoms with Gasteiger partial charge < -0.3 is 10.2 Å². The first-order chi connectivity index (χ1) is 11.9. The van der Waals surface area contributed by atoms with Crippen LogP contribution in [-0.4, -0.2) is 24.4 Å². The van der Waals surface area contributed by atoms with Gasteiger partial charge in [0.2, 0.25) is 5.91 Å². The molecule has 0 spiro atoms. The second-order valence-electron chi connectivity index (χ2n) is 5.54. The van der Waals surface area contributed by atoms with Crippen LogP contribution in [0.5, 0.6) is 0 Å². The maximum atomic E-state index is 13.8. The molecule has 0 saturated carbocycles. The first-order valence-corrected chi connectivity index (χ1v) is 8.27. The molecule has 0 bridgehead atoms. The summed E-state index contributed by atoms with van der Waals surface area (Å²) >= 11 is 11.9. The zero-order valence-corrected chi connectivity index (χ0v) is 15.0. The van der Waals surface area contributed by atoms with Crippen molar-refractivity contribution in [2.45, 2.75) is 13.0 Å². The molecule has 25 heavy (non-hydrogen) atoms. The number of nitrogens with zero attached hydrogens (tertiary/aromatic N) is 2. The lowest BCUT2D eigenvalue weighted by molar-refractivity contribution is -0.116. The number of nitrogens with one attached hydrogen (secondary N) is 1. The first-order valence-electron chi connectivity index (χ1n) is 7.51. The van der Waals surface area contributed by atoms with Crippen molar-refractivity contribution in [2.24, 2.45) is 0 Å². The van der Waals surface area contributed by atoms with Crippen molar-refractivity contribution in [3.8, 4) is 6.07 Å². The monoisotopic (exact) mass is 379 g/mol. The van der Waals surface area contributed by atoms with Gasteiger partial charge in [-0.2, -0.15) is 5.26 Å². The van der Waals surface area contributed by atoms with Gasteiger partial charge in [-0.25, -0.2) is 4.39 Å². The lowest BCUT2D eigenvalue weighted by Crippen LogP contribution is -2.24. The van der Waals surface area contributed by atoms with Crippen molar-refractivity contribution in [3.63, 3.8) is 0 Å². The van der Waals surface area contributed by atoms with Crippen molar-refractivity contribution in [1.29, 1.82) is 5.26 Å². The summed E-state index contributed by atoms with van der Waals surface area (Å²) in [5.41, 5.74) is 1.28. The van der Waals surface area contributed by atoms with Crippen molar-refractivity contribution in [2.75, 3.05) is 18.9 Å². The largest absolute Gasteiger partial charge is 0.326 e. The van der Waals surface area contributed by atoms with Crippen LogP contribution in [0.25, 0.3) is 0 Å². The van der Waals surface area contributed by atoms with E-state index in [1.165, 1.54) is 12.1 Å². The highest BCUT2D eigenvalue weighted by atomic mass is 35.5. The SMILES string of the molecule is CN(CCC(=O)Nc1ccc(C#N)c(Cl)c1)Cc1c(F)cccc1Cl. The van der Waals surface area contributed by atoms with Crippen LogP contribution in [0.1, 0.15) is 17.5 Å². The molecule has 1 N–H and O–H groups in total. The summed E-state index contributed by atoms with van der Waals surface area (Å²) in [7, 11) is 1.79. The molecule has 4 nitrogen and oxygen atoms in total. The van der Waals surface area contributed by atoms with Crippen LogP contribution in [-0.2, 0) is 11.3 Å². The second kappa shape index (κ2) is 8.82. The Labute approximate surface area is 155 Å². The highest BCUT2D eigenvalue weighted by molar-refractivity contribution is 6.32. The van der Waals surface area contributed by atoms with Crippen LogP contribution in [0.15, 0.2) is 36.4 Å². The average Bonchev–Trinajstić information content (AvgIpc) is 2.57. The minimum atomic E-state index is -0.365. The van der Waals surface area contributed by atoms with Gasteiger partial charge >= 0.3 is 0 Å². The average molecular weight is 380 g/mol. The topological polar surface area (TPSA) is 56.1 Å². The standard InChI is InChI=1S/C18H16Cl2FN3O/c1-24(11-14-15(19)3-2-4-17(14)21)8-7-18(25)23-13-6-5-12(10-22)16(20)9-13/h2-6,9H,7-8,11H2,1H3,(H,23,25). The smallest absolute Gasteiger partial charge is 0.225 e. The summed E-state index contributed by atoms with van der Waals surface area (Å²) in [5.74, 6) is -0.566. The Kier molecular flexibility index (Phi) is 6.77. The number of amides is 1. The summed E-state index contributed by atoms with van der Waals surface area (Å²) in [6, 6.07) is 11.2. The fourth-order valence-corrected chi connectivity index (χ4v) is 2.68. The third kappa shape index (κ3) is 5.43. The Hall–Kier alpha value is -2.13. The van der Waals surface area contributed by atoms with Crippen LogP contribution in [0.2, 0.25) is 10.0 Å². The van der Waals surface area contributed by atoms with Gasteiger partial charge in [0.05, 0.1) is 10.6 Å². The van der Waals surface area contributed by atoms with Crippen LogP contribution in [0.4, 0.5) is 10.1 Å². The predicted molar refractivity (Wildman–Crippen MR) is 97.2 cm³/mol. The van der Waals surface area contributed by atoms with Gasteiger partial charge in [0.25, 0.3) is 0 Å². The minimum Gasteiger partial charge on any atom is -0.326 e. The van der Waals surface area contributed by atoms with Gasteiger partial charge in [-0.1, -0.05) is 29.3 Å². The number of halogens is 3. The van der Waals surface area contributed by atoms with Crippen LogP contribution >= 0.6 is 23.2 Å². The van der Waals surface area contributed by atoms with E-state index in [9.17, 15) is 9.18 Å². The Morgan fingerprint density at radius 1 is 1.28 bits per heavy atom. The number of nitriles is 1. The van der Waals surface area contributed by atoms with Crippen LogP contribution in [0.3, 0.4) is 0 Å².